The molecule has 0 aliphatic carbocycles. The highest BCUT2D eigenvalue weighted by Gasteiger charge is 2.19. The van der Waals surface area contributed by atoms with Crippen LogP contribution in [0.3, 0.4) is 0 Å². The predicted molar refractivity (Wildman–Crippen MR) is 178 cm³/mol. The van der Waals surface area contributed by atoms with Gasteiger partial charge in [0.2, 0.25) is 0 Å². The van der Waals surface area contributed by atoms with Gasteiger partial charge in [0.1, 0.15) is 0 Å². The molecule has 1 nitrogen and oxygen atoms in total. The quantitative estimate of drug-likeness (QED) is 0.252. The molecule has 0 radical (unpaired) electrons. The maximum Gasteiger partial charge on any atom is 0.0464 e. The molecule has 0 fully saturated rings. The van der Waals surface area contributed by atoms with Crippen LogP contribution in [0.25, 0.3) is 5.70 Å². The van der Waals surface area contributed by atoms with Gasteiger partial charge in [0, 0.05) is 22.7 Å². The fourth-order valence-electron chi connectivity index (χ4n) is 4.10. The summed E-state index contributed by atoms with van der Waals surface area (Å²) in [6, 6.07) is 18.9. The molecule has 0 N–H and O–H groups in total. The fourth-order valence-corrected chi connectivity index (χ4v) is 4.10. The van der Waals surface area contributed by atoms with Crippen molar-refractivity contribution < 1.29 is 0 Å². The summed E-state index contributed by atoms with van der Waals surface area (Å²) in [5, 5.41) is 0. The smallest absolute Gasteiger partial charge is 0.0464 e. The second-order valence-corrected chi connectivity index (χ2v) is 10.1. The molecule has 206 valence electrons. The lowest BCUT2D eigenvalue weighted by Gasteiger charge is -2.30. The van der Waals surface area contributed by atoms with E-state index in [0.717, 1.165) is 46.6 Å². The Bertz CT molecular complexity index is 1210. The normalized spacial score (nSPS) is 12.4. The molecule has 0 aliphatic heterocycles. The first-order valence-corrected chi connectivity index (χ1v) is 14.0. The van der Waals surface area contributed by atoms with E-state index in [9.17, 15) is 0 Å². The standard InChI is InChI=1S/C36H43N.C2H6/c1-10-18-31(19-11-2)21-17-16-20-28(4)35(12-3)30(6)37(34-22-14-13-15-23-34)29(5)32-24-26-33(27-25-32)36(7,8)9;1-2/h10,12-18,20-27H,1,3,5-6,11,19H2,2,4,7-9H3;1-2H3/b20-16+,21-17+,31-18-,35-28+;. The summed E-state index contributed by atoms with van der Waals surface area (Å²) in [6.07, 6.45) is 16.3. The van der Waals surface area contributed by atoms with Gasteiger partial charge in [0.15, 0.2) is 0 Å². The van der Waals surface area contributed by atoms with Crippen molar-refractivity contribution in [2.45, 2.75) is 66.7 Å². The van der Waals surface area contributed by atoms with Crippen molar-refractivity contribution in [3.8, 4) is 0 Å². The van der Waals surface area contributed by atoms with Gasteiger partial charge in [-0.2, -0.15) is 0 Å². The molecule has 0 saturated carbocycles. The third-order valence-corrected chi connectivity index (χ3v) is 6.22. The molecule has 0 aliphatic rings. The molecule has 0 aromatic heterocycles. The Balaban J connectivity index is 0.00000371. The maximum absolute atomic E-state index is 4.50. The Hall–Kier alpha value is -3.84. The number of anilines is 1. The molecule has 0 bridgehead atoms. The van der Waals surface area contributed by atoms with E-state index in [1.54, 1.807) is 0 Å². The number of benzene rings is 2. The van der Waals surface area contributed by atoms with E-state index in [4.69, 9.17) is 0 Å². The summed E-state index contributed by atoms with van der Waals surface area (Å²) in [4.78, 5) is 2.11. The van der Waals surface area contributed by atoms with Gasteiger partial charge in [0.05, 0.1) is 0 Å². The summed E-state index contributed by atoms with van der Waals surface area (Å²) >= 11 is 0. The molecule has 39 heavy (non-hydrogen) atoms. The van der Waals surface area contributed by atoms with Crippen LogP contribution in [0.15, 0.2) is 146 Å². The first-order chi connectivity index (χ1) is 18.6. The molecule has 0 saturated heterocycles. The molecule has 0 amide bonds. The first-order valence-electron chi connectivity index (χ1n) is 14.0. The van der Waals surface area contributed by atoms with E-state index in [-0.39, 0.29) is 5.41 Å². The van der Waals surface area contributed by atoms with E-state index < -0.39 is 0 Å². The topological polar surface area (TPSA) is 3.24 Å². The number of para-hydroxylation sites is 1. The van der Waals surface area contributed by atoms with E-state index in [2.05, 4.69) is 133 Å². The Morgan fingerprint density at radius 2 is 1.46 bits per heavy atom. The number of nitrogens with zero attached hydrogens (tertiary/aromatic N) is 1. The van der Waals surface area contributed by atoms with Gasteiger partial charge in [0.25, 0.3) is 0 Å². The van der Waals surface area contributed by atoms with Crippen molar-refractivity contribution in [1.29, 1.82) is 0 Å². The number of allylic oxidation sites excluding steroid dienone is 9. The van der Waals surface area contributed by atoms with Crippen LogP contribution in [0.4, 0.5) is 5.69 Å². The highest BCUT2D eigenvalue weighted by atomic mass is 15.2. The molecule has 0 spiro atoms. The van der Waals surface area contributed by atoms with Crippen LogP contribution in [0, 0.1) is 0 Å². The lowest BCUT2D eigenvalue weighted by atomic mass is 9.86. The Morgan fingerprint density at radius 1 is 0.872 bits per heavy atom. The average molecular weight is 520 g/mol. The zero-order valence-electron chi connectivity index (χ0n) is 25.4. The minimum Gasteiger partial charge on any atom is -0.310 e. The highest BCUT2D eigenvalue weighted by molar-refractivity contribution is 5.83. The van der Waals surface area contributed by atoms with Gasteiger partial charge >= 0.3 is 0 Å². The molecular weight excluding hydrogens is 470 g/mol. The summed E-state index contributed by atoms with van der Waals surface area (Å²) < 4.78 is 0. The molecule has 0 unspecified atom stereocenters. The number of rotatable bonds is 12. The molecule has 2 aromatic rings. The molecular formula is C38H49N. The molecule has 1 heteroatoms. The Kier molecular flexibility index (Phi) is 14.4. The predicted octanol–water partition coefficient (Wildman–Crippen LogP) is 11.5. The highest BCUT2D eigenvalue weighted by Crippen LogP contribution is 2.34. The third kappa shape index (κ3) is 10.1. The van der Waals surface area contributed by atoms with Crippen LogP contribution >= 0.6 is 0 Å². The third-order valence-electron chi connectivity index (χ3n) is 6.22. The minimum atomic E-state index is 0.0952. The molecule has 2 rings (SSSR count). The van der Waals surface area contributed by atoms with Crippen LogP contribution < -0.4 is 4.90 Å². The molecule has 2 aromatic carbocycles. The van der Waals surface area contributed by atoms with Crippen LogP contribution in [0.2, 0.25) is 0 Å². The van der Waals surface area contributed by atoms with Crippen molar-refractivity contribution >= 4 is 11.4 Å². The van der Waals surface area contributed by atoms with Gasteiger partial charge in [-0.15, -0.1) is 0 Å². The van der Waals surface area contributed by atoms with Gasteiger partial charge in [-0.3, -0.25) is 0 Å². The van der Waals surface area contributed by atoms with Gasteiger partial charge in [-0.25, -0.2) is 0 Å². The van der Waals surface area contributed by atoms with Crippen molar-refractivity contribution in [3.63, 3.8) is 0 Å². The summed E-state index contributed by atoms with van der Waals surface area (Å²) in [5.74, 6) is 0. The number of hydrogen-bond donors (Lipinski definition) is 0. The lowest BCUT2D eigenvalue weighted by Crippen LogP contribution is -2.21. The summed E-state index contributed by atoms with van der Waals surface area (Å²) in [7, 11) is 0. The van der Waals surface area contributed by atoms with Crippen LogP contribution in [-0.2, 0) is 5.41 Å². The van der Waals surface area contributed by atoms with E-state index >= 15 is 0 Å². The average Bonchev–Trinajstić information content (AvgIpc) is 2.93. The largest absolute Gasteiger partial charge is 0.310 e. The van der Waals surface area contributed by atoms with E-state index in [1.165, 1.54) is 11.1 Å². The van der Waals surface area contributed by atoms with Crippen LogP contribution in [0.5, 0.6) is 0 Å². The van der Waals surface area contributed by atoms with Gasteiger partial charge in [-0.05, 0) is 53.2 Å². The van der Waals surface area contributed by atoms with Crippen molar-refractivity contribution in [3.05, 3.63) is 157 Å². The SMILES string of the molecule is C=C\C=C(/C=C/C=C/C(C)=C(\C=C)C(=C)N(C(=C)c1ccc(C(C)(C)C)cc1)c1ccccc1)CCC.CC. The van der Waals surface area contributed by atoms with Crippen molar-refractivity contribution in [2.24, 2.45) is 0 Å². The maximum atomic E-state index is 4.50. The van der Waals surface area contributed by atoms with Crippen molar-refractivity contribution in [2.75, 3.05) is 4.90 Å². The van der Waals surface area contributed by atoms with Crippen LogP contribution in [-0.4, -0.2) is 0 Å². The minimum absolute atomic E-state index is 0.0952. The zero-order chi connectivity index (χ0) is 29.4. The zero-order valence-corrected chi connectivity index (χ0v) is 25.4. The lowest BCUT2D eigenvalue weighted by molar-refractivity contribution is 0.590. The first kappa shape index (κ1) is 33.2. The Labute approximate surface area is 239 Å². The van der Waals surface area contributed by atoms with E-state index in [0.29, 0.717) is 0 Å². The summed E-state index contributed by atoms with van der Waals surface area (Å²) in [5.41, 5.74) is 8.45. The monoisotopic (exact) mass is 519 g/mol. The molecule has 0 heterocycles. The van der Waals surface area contributed by atoms with Crippen LogP contribution in [0.1, 0.15) is 72.4 Å². The Morgan fingerprint density at radius 3 is 1.97 bits per heavy atom. The van der Waals surface area contributed by atoms with E-state index in [1.807, 2.05) is 44.2 Å². The second kappa shape index (κ2) is 16.9. The van der Waals surface area contributed by atoms with Crippen molar-refractivity contribution in [1.82, 2.24) is 0 Å². The second-order valence-electron chi connectivity index (χ2n) is 10.1. The molecule has 0 atom stereocenters. The summed E-state index contributed by atoms with van der Waals surface area (Å²) in [6.45, 7) is 31.8. The van der Waals surface area contributed by atoms with Gasteiger partial charge < -0.3 is 4.90 Å². The fraction of sp³-hybridized carbons (Fsp3) is 0.263. The number of hydrogen-bond acceptors (Lipinski definition) is 1. The van der Waals surface area contributed by atoms with Gasteiger partial charge in [-0.1, -0.05) is 159 Å².